The molecule has 4 rings (SSSR count). The average molecular weight is 447 g/mol. The number of carbonyl (C=O) groups is 1. The fraction of sp³-hybridized carbons (Fsp3) is 0.367. The molecule has 3 aromatic carbocycles. The molecule has 1 nitrogen and oxygen atoms in total. The predicted octanol–water partition coefficient (Wildman–Crippen LogP) is 7.72. The highest BCUT2D eigenvalue weighted by molar-refractivity contribution is 5.82. The van der Waals surface area contributed by atoms with Gasteiger partial charge in [0.1, 0.15) is 17.4 Å². The monoisotopic (exact) mass is 446 g/mol. The summed E-state index contributed by atoms with van der Waals surface area (Å²) in [5, 5.41) is 0. The van der Waals surface area contributed by atoms with Gasteiger partial charge in [0, 0.05) is 18.9 Å². The third kappa shape index (κ3) is 4.93. The minimum absolute atomic E-state index is 0.0226. The number of carbonyl (C=O) groups excluding carboxylic acids is 1. The van der Waals surface area contributed by atoms with Gasteiger partial charge in [0.25, 0.3) is 0 Å². The van der Waals surface area contributed by atoms with E-state index >= 15 is 0 Å². The first-order valence-electron chi connectivity index (χ1n) is 11.9. The Morgan fingerprint density at radius 3 is 2.30 bits per heavy atom. The van der Waals surface area contributed by atoms with Crippen molar-refractivity contribution >= 4 is 5.78 Å². The molecule has 33 heavy (non-hydrogen) atoms. The van der Waals surface area contributed by atoms with Crippen LogP contribution < -0.4 is 0 Å². The number of Topliss-reactive ketones (excluding diaryl/α,β-unsaturated/α-hetero) is 1. The van der Waals surface area contributed by atoms with Gasteiger partial charge in [-0.15, -0.1) is 0 Å². The van der Waals surface area contributed by atoms with Crippen LogP contribution in [0.15, 0.2) is 54.6 Å². The lowest BCUT2D eigenvalue weighted by molar-refractivity contribution is -0.118. The van der Waals surface area contributed by atoms with Crippen molar-refractivity contribution in [2.75, 3.05) is 0 Å². The smallest absolute Gasteiger partial charge is 0.137 e. The Hall–Kier alpha value is -2.81. The van der Waals surface area contributed by atoms with Gasteiger partial charge < -0.3 is 0 Å². The normalized spacial score (nSPS) is 17.0. The van der Waals surface area contributed by atoms with Crippen molar-refractivity contribution < 1.29 is 13.6 Å². The first kappa shape index (κ1) is 23.4. The number of benzene rings is 3. The second kappa shape index (κ2) is 9.59. The SMILES string of the molecule is Cc1cc2c(c(C)c1CC(=O)CC(C)c1ccccc1)CCC2C(C)c1cc(F)cc(F)c1. The number of rotatable bonds is 7. The molecule has 0 radical (unpaired) electrons. The molecule has 3 heteroatoms. The third-order valence-corrected chi connectivity index (χ3v) is 7.50. The molecule has 0 bridgehead atoms. The van der Waals surface area contributed by atoms with Crippen molar-refractivity contribution in [3.8, 4) is 0 Å². The first-order chi connectivity index (χ1) is 15.7. The maximum Gasteiger partial charge on any atom is 0.137 e. The summed E-state index contributed by atoms with van der Waals surface area (Å²) in [5.41, 5.74) is 7.98. The van der Waals surface area contributed by atoms with E-state index in [-0.39, 0.29) is 23.5 Å². The summed E-state index contributed by atoms with van der Waals surface area (Å²) in [7, 11) is 0. The van der Waals surface area contributed by atoms with Crippen LogP contribution in [-0.4, -0.2) is 5.78 Å². The van der Waals surface area contributed by atoms with Gasteiger partial charge in [0.2, 0.25) is 0 Å². The summed E-state index contributed by atoms with van der Waals surface area (Å²) in [6.45, 7) is 8.38. The Kier molecular flexibility index (Phi) is 6.78. The van der Waals surface area contributed by atoms with E-state index < -0.39 is 11.6 Å². The van der Waals surface area contributed by atoms with Gasteiger partial charge in [-0.2, -0.15) is 0 Å². The third-order valence-electron chi connectivity index (χ3n) is 7.50. The fourth-order valence-electron chi connectivity index (χ4n) is 5.59. The number of fused-ring (bicyclic) bond motifs is 1. The second-order valence-corrected chi connectivity index (χ2v) is 9.73. The number of aryl methyl sites for hydroxylation is 1. The lowest BCUT2D eigenvalue weighted by Gasteiger charge is -2.23. The predicted molar refractivity (Wildman–Crippen MR) is 130 cm³/mol. The van der Waals surface area contributed by atoms with Crippen LogP contribution in [0.4, 0.5) is 8.78 Å². The number of hydrogen-bond donors (Lipinski definition) is 0. The van der Waals surface area contributed by atoms with E-state index in [2.05, 4.69) is 45.9 Å². The van der Waals surface area contributed by atoms with E-state index in [1.54, 1.807) is 0 Å². The van der Waals surface area contributed by atoms with Crippen LogP contribution in [-0.2, 0) is 17.6 Å². The maximum absolute atomic E-state index is 13.8. The quantitative estimate of drug-likeness (QED) is 0.363. The van der Waals surface area contributed by atoms with Crippen LogP contribution in [0.5, 0.6) is 0 Å². The molecule has 172 valence electrons. The molecule has 0 aliphatic heterocycles. The largest absolute Gasteiger partial charge is 0.299 e. The van der Waals surface area contributed by atoms with E-state index in [1.807, 2.05) is 18.2 Å². The van der Waals surface area contributed by atoms with Gasteiger partial charge in [-0.05, 0) is 95.5 Å². The molecule has 0 spiro atoms. The molecule has 0 amide bonds. The van der Waals surface area contributed by atoms with Gasteiger partial charge in [0.15, 0.2) is 0 Å². The molecule has 1 aliphatic rings. The van der Waals surface area contributed by atoms with E-state index in [9.17, 15) is 13.6 Å². The van der Waals surface area contributed by atoms with Gasteiger partial charge in [-0.25, -0.2) is 8.78 Å². The van der Waals surface area contributed by atoms with E-state index in [1.165, 1.54) is 34.4 Å². The zero-order chi connectivity index (χ0) is 23.7. The van der Waals surface area contributed by atoms with Gasteiger partial charge in [0.05, 0.1) is 0 Å². The topological polar surface area (TPSA) is 17.1 Å². The highest BCUT2D eigenvalue weighted by Gasteiger charge is 2.31. The molecule has 0 aromatic heterocycles. The minimum Gasteiger partial charge on any atom is -0.299 e. The maximum atomic E-state index is 13.8. The molecule has 3 aromatic rings. The van der Waals surface area contributed by atoms with Crippen molar-refractivity contribution in [1.82, 2.24) is 0 Å². The van der Waals surface area contributed by atoms with Crippen LogP contribution >= 0.6 is 0 Å². The van der Waals surface area contributed by atoms with Crippen molar-refractivity contribution in [2.24, 2.45) is 0 Å². The standard InChI is InChI=1S/C30H32F2O/c1-18(22-8-6-5-7-9-22)12-26(33)17-29-19(2)13-30-27(10-11-28(30)21(29)4)20(3)23-14-24(31)16-25(32)15-23/h5-9,13-16,18,20,27H,10-12,17H2,1-4H3. The van der Waals surface area contributed by atoms with Crippen molar-refractivity contribution in [2.45, 2.75) is 71.1 Å². The Balaban J connectivity index is 1.54. The van der Waals surface area contributed by atoms with E-state index in [4.69, 9.17) is 0 Å². The zero-order valence-corrected chi connectivity index (χ0v) is 19.9. The Bertz CT molecular complexity index is 1150. The van der Waals surface area contributed by atoms with Crippen molar-refractivity contribution in [1.29, 1.82) is 0 Å². The molecule has 0 saturated heterocycles. The van der Waals surface area contributed by atoms with Gasteiger partial charge in [-0.1, -0.05) is 50.2 Å². The second-order valence-electron chi connectivity index (χ2n) is 9.73. The molecular formula is C30H32F2O. The lowest BCUT2D eigenvalue weighted by atomic mass is 9.81. The fourth-order valence-corrected chi connectivity index (χ4v) is 5.59. The van der Waals surface area contributed by atoms with Crippen LogP contribution in [0.25, 0.3) is 0 Å². The molecular weight excluding hydrogens is 414 g/mol. The number of halogens is 2. The minimum atomic E-state index is -0.527. The Morgan fingerprint density at radius 1 is 0.970 bits per heavy atom. The molecule has 0 heterocycles. The van der Waals surface area contributed by atoms with Crippen LogP contribution in [0.1, 0.15) is 83.4 Å². The average Bonchev–Trinajstić information content (AvgIpc) is 3.19. The van der Waals surface area contributed by atoms with E-state index in [0.29, 0.717) is 18.4 Å². The van der Waals surface area contributed by atoms with Crippen LogP contribution in [0, 0.1) is 25.5 Å². The summed E-state index contributed by atoms with van der Waals surface area (Å²) in [5.74, 6) is -0.348. The Labute approximate surface area is 195 Å². The first-order valence-corrected chi connectivity index (χ1v) is 11.9. The van der Waals surface area contributed by atoms with E-state index in [0.717, 1.165) is 30.0 Å². The van der Waals surface area contributed by atoms with Crippen molar-refractivity contribution in [3.05, 3.63) is 105 Å². The highest BCUT2D eigenvalue weighted by Crippen LogP contribution is 2.45. The summed E-state index contributed by atoms with van der Waals surface area (Å²) < 4.78 is 27.6. The van der Waals surface area contributed by atoms with Crippen LogP contribution in [0.2, 0.25) is 0 Å². The van der Waals surface area contributed by atoms with Gasteiger partial charge >= 0.3 is 0 Å². The van der Waals surface area contributed by atoms with Gasteiger partial charge in [-0.3, -0.25) is 4.79 Å². The molecule has 0 fully saturated rings. The molecule has 3 unspecified atom stereocenters. The zero-order valence-electron chi connectivity index (χ0n) is 19.9. The van der Waals surface area contributed by atoms with Crippen LogP contribution in [0.3, 0.4) is 0 Å². The summed E-state index contributed by atoms with van der Waals surface area (Å²) in [4.78, 5) is 13.0. The molecule has 3 atom stereocenters. The lowest BCUT2D eigenvalue weighted by Crippen LogP contribution is -2.12. The summed E-state index contributed by atoms with van der Waals surface area (Å²) in [6, 6.07) is 16.2. The number of ketones is 1. The summed E-state index contributed by atoms with van der Waals surface area (Å²) in [6.07, 6.45) is 2.88. The highest BCUT2D eigenvalue weighted by atomic mass is 19.1. The molecule has 0 N–H and O–H groups in total. The molecule has 1 aliphatic carbocycles. The van der Waals surface area contributed by atoms with Crippen molar-refractivity contribution in [3.63, 3.8) is 0 Å². The number of hydrogen-bond acceptors (Lipinski definition) is 1. The Morgan fingerprint density at radius 2 is 1.64 bits per heavy atom. The molecule has 0 saturated carbocycles. The summed E-state index contributed by atoms with van der Waals surface area (Å²) >= 11 is 0.